The second-order valence-corrected chi connectivity index (χ2v) is 9.03. The van der Waals surface area contributed by atoms with Crippen molar-refractivity contribution in [2.24, 2.45) is 0 Å². The van der Waals surface area contributed by atoms with Crippen LogP contribution < -0.4 is 0 Å². The molecule has 0 spiro atoms. The van der Waals surface area contributed by atoms with Gasteiger partial charge in [0.1, 0.15) is 6.04 Å². The molecule has 1 aliphatic heterocycles. The van der Waals surface area contributed by atoms with Crippen LogP contribution in [0.3, 0.4) is 0 Å². The number of carbonyl (C=O) groups excluding carboxylic acids is 1. The number of carbonyl (C=O) groups is 1. The average molecular weight is 475 g/mol. The molecule has 0 unspecified atom stereocenters. The normalized spacial score (nSPS) is 15.5. The number of nitrogens with one attached hydrogen (secondary N) is 1. The van der Waals surface area contributed by atoms with Gasteiger partial charge in [-0.05, 0) is 48.9 Å². The largest absolute Gasteiger partial charge is 0.348 e. The summed E-state index contributed by atoms with van der Waals surface area (Å²) >= 11 is 0. The standard InChI is InChI=1S/C27H22N8O/c1-17-5-4-11-34-24(17)13-22(32-34)26-25-21(29-16-30-25)9-12-33(26)27(36)19-14-31-35-15-18(7-8-23(19)35)20-6-2-3-10-28-20/h2-8,10-11,13-16,26H,9,12H2,1H3,(H,29,30)/t26-/m0/s1. The molecule has 0 fully saturated rings. The number of nitrogens with zero attached hydrogens (tertiary/aromatic N) is 7. The van der Waals surface area contributed by atoms with Crippen LogP contribution in [-0.2, 0) is 6.42 Å². The molecule has 0 bridgehead atoms. The molecule has 0 aromatic carbocycles. The molecule has 6 aromatic heterocycles. The summed E-state index contributed by atoms with van der Waals surface area (Å²) in [6, 6.07) is 15.4. The van der Waals surface area contributed by atoms with Crippen molar-refractivity contribution < 1.29 is 4.79 Å². The van der Waals surface area contributed by atoms with Gasteiger partial charge in [-0.1, -0.05) is 12.1 Å². The number of fused-ring (bicyclic) bond motifs is 3. The maximum atomic E-state index is 14.0. The van der Waals surface area contributed by atoms with Gasteiger partial charge < -0.3 is 9.88 Å². The Morgan fingerprint density at radius 1 is 1.06 bits per heavy atom. The van der Waals surface area contributed by atoms with E-state index in [4.69, 9.17) is 5.10 Å². The van der Waals surface area contributed by atoms with Crippen LogP contribution in [-0.4, -0.2) is 51.5 Å². The number of aryl methyl sites for hydroxylation is 1. The molecular weight excluding hydrogens is 452 g/mol. The van der Waals surface area contributed by atoms with Gasteiger partial charge in [-0.25, -0.2) is 14.0 Å². The van der Waals surface area contributed by atoms with Gasteiger partial charge in [-0.3, -0.25) is 9.78 Å². The highest BCUT2D eigenvalue weighted by Gasteiger charge is 2.37. The zero-order valence-corrected chi connectivity index (χ0v) is 19.5. The number of hydrogen-bond donors (Lipinski definition) is 1. The van der Waals surface area contributed by atoms with Crippen LogP contribution in [0.1, 0.15) is 39.0 Å². The Morgan fingerprint density at radius 2 is 2.00 bits per heavy atom. The Bertz CT molecular complexity index is 1750. The fourth-order valence-corrected chi connectivity index (χ4v) is 5.09. The van der Waals surface area contributed by atoms with E-state index in [0.29, 0.717) is 18.5 Å². The van der Waals surface area contributed by atoms with Crippen molar-refractivity contribution in [1.82, 2.24) is 39.1 Å². The van der Waals surface area contributed by atoms with E-state index in [1.165, 1.54) is 0 Å². The number of aromatic amines is 1. The summed E-state index contributed by atoms with van der Waals surface area (Å²) in [5.41, 5.74) is 7.89. The zero-order chi connectivity index (χ0) is 24.2. The predicted molar refractivity (Wildman–Crippen MR) is 134 cm³/mol. The molecule has 1 aliphatic rings. The molecule has 0 aliphatic carbocycles. The van der Waals surface area contributed by atoms with E-state index in [1.807, 2.05) is 58.2 Å². The van der Waals surface area contributed by atoms with Crippen molar-refractivity contribution in [2.45, 2.75) is 19.4 Å². The molecule has 1 N–H and O–H groups in total. The van der Waals surface area contributed by atoms with E-state index in [-0.39, 0.29) is 5.91 Å². The fourth-order valence-electron chi connectivity index (χ4n) is 5.09. The lowest BCUT2D eigenvalue weighted by Gasteiger charge is -2.33. The van der Waals surface area contributed by atoms with Gasteiger partial charge in [0.15, 0.2) is 0 Å². The summed E-state index contributed by atoms with van der Waals surface area (Å²) in [6.45, 7) is 2.61. The SMILES string of the molecule is Cc1cccn2nc([C@H]3c4nc[nH]c4CCN3C(=O)c3cnn4cc(-c5ccccn5)ccc34)cc12. The third-order valence-electron chi connectivity index (χ3n) is 6.91. The van der Waals surface area contributed by atoms with Crippen LogP contribution in [0.25, 0.3) is 22.3 Å². The van der Waals surface area contributed by atoms with Crippen LogP contribution in [0.2, 0.25) is 0 Å². The molecule has 0 radical (unpaired) electrons. The van der Waals surface area contributed by atoms with Gasteiger partial charge in [0, 0.05) is 42.8 Å². The molecule has 6 aromatic rings. The number of amides is 1. The van der Waals surface area contributed by atoms with Gasteiger partial charge in [0.05, 0.1) is 46.2 Å². The monoisotopic (exact) mass is 474 g/mol. The molecule has 1 atom stereocenters. The van der Waals surface area contributed by atoms with E-state index in [0.717, 1.165) is 44.9 Å². The Kier molecular flexibility index (Phi) is 4.50. The Morgan fingerprint density at radius 3 is 2.86 bits per heavy atom. The number of aromatic nitrogens is 7. The van der Waals surface area contributed by atoms with Crippen molar-refractivity contribution in [3.05, 3.63) is 108 Å². The van der Waals surface area contributed by atoms with Crippen LogP contribution in [0.4, 0.5) is 0 Å². The van der Waals surface area contributed by atoms with Gasteiger partial charge in [-0.15, -0.1) is 0 Å². The molecule has 0 saturated carbocycles. The molecule has 7 heterocycles. The average Bonchev–Trinajstić information content (AvgIpc) is 3.66. The Hall–Kier alpha value is -4.79. The fraction of sp³-hybridized carbons (Fsp3) is 0.148. The van der Waals surface area contributed by atoms with Crippen molar-refractivity contribution in [3.8, 4) is 11.3 Å². The number of pyridine rings is 3. The second kappa shape index (κ2) is 7.88. The van der Waals surface area contributed by atoms with E-state index < -0.39 is 6.04 Å². The molecular formula is C27H22N8O. The minimum absolute atomic E-state index is 0.0944. The quantitative estimate of drug-likeness (QED) is 0.420. The van der Waals surface area contributed by atoms with Crippen molar-refractivity contribution in [2.75, 3.05) is 6.54 Å². The van der Waals surface area contributed by atoms with Gasteiger partial charge >= 0.3 is 0 Å². The first-order chi connectivity index (χ1) is 17.7. The van der Waals surface area contributed by atoms with Crippen molar-refractivity contribution in [3.63, 3.8) is 0 Å². The molecule has 9 heteroatoms. The van der Waals surface area contributed by atoms with Gasteiger partial charge in [0.2, 0.25) is 0 Å². The third kappa shape index (κ3) is 3.13. The summed E-state index contributed by atoms with van der Waals surface area (Å²) in [5.74, 6) is -0.0944. The first-order valence-electron chi connectivity index (χ1n) is 11.8. The van der Waals surface area contributed by atoms with E-state index in [2.05, 4.69) is 39.1 Å². The van der Waals surface area contributed by atoms with E-state index in [1.54, 1.807) is 23.2 Å². The van der Waals surface area contributed by atoms with Gasteiger partial charge in [-0.2, -0.15) is 10.2 Å². The zero-order valence-electron chi connectivity index (χ0n) is 19.5. The Labute approximate surface area is 206 Å². The highest BCUT2D eigenvalue weighted by atomic mass is 16.2. The highest BCUT2D eigenvalue weighted by molar-refractivity contribution is 6.01. The molecule has 176 valence electrons. The number of imidazole rings is 1. The van der Waals surface area contributed by atoms with Crippen molar-refractivity contribution >= 4 is 16.9 Å². The lowest BCUT2D eigenvalue weighted by atomic mass is 9.98. The molecule has 0 saturated heterocycles. The molecule has 9 nitrogen and oxygen atoms in total. The molecule has 36 heavy (non-hydrogen) atoms. The van der Waals surface area contributed by atoms with E-state index in [9.17, 15) is 4.79 Å². The van der Waals surface area contributed by atoms with Crippen LogP contribution >= 0.6 is 0 Å². The van der Waals surface area contributed by atoms with Crippen LogP contribution in [0.5, 0.6) is 0 Å². The van der Waals surface area contributed by atoms with Crippen molar-refractivity contribution in [1.29, 1.82) is 0 Å². The second-order valence-electron chi connectivity index (χ2n) is 9.03. The van der Waals surface area contributed by atoms with E-state index >= 15 is 0 Å². The number of H-pyrrole nitrogens is 1. The summed E-state index contributed by atoms with van der Waals surface area (Å²) in [5, 5.41) is 9.34. The summed E-state index contributed by atoms with van der Waals surface area (Å²) in [6.07, 6.45) is 9.63. The Balaban J connectivity index is 1.31. The first kappa shape index (κ1) is 20.6. The number of hydrogen-bond acceptors (Lipinski definition) is 5. The highest BCUT2D eigenvalue weighted by Crippen LogP contribution is 2.35. The minimum atomic E-state index is -0.394. The molecule has 7 rings (SSSR count). The van der Waals surface area contributed by atoms with Crippen LogP contribution in [0, 0.1) is 6.92 Å². The smallest absolute Gasteiger partial charge is 0.258 e. The summed E-state index contributed by atoms with van der Waals surface area (Å²) in [4.78, 5) is 28.1. The minimum Gasteiger partial charge on any atom is -0.348 e. The third-order valence-corrected chi connectivity index (χ3v) is 6.91. The number of rotatable bonds is 3. The lowest BCUT2D eigenvalue weighted by molar-refractivity contribution is 0.0689. The topological polar surface area (TPSA) is 96.5 Å². The maximum absolute atomic E-state index is 14.0. The summed E-state index contributed by atoms with van der Waals surface area (Å²) in [7, 11) is 0. The van der Waals surface area contributed by atoms with Gasteiger partial charge in [0.25, 0.3) is 5.91 Å². The first-order valence-corrected chi connectivity index (χ1v) is 11.8. The molecule has 1 amide bonds. The maximum Gasteiger partial charge on any atom is 0.258 e. The van der Waals surface area contributed by atoms with Crippen LogP contribution in [0.15, 0.2) is 79.6 Å². The predicted octanol–water partition coefficient (Wildman–Crippen LogP) is 3.86. The lowest BCUT2D eigenvalue weighted by Crippen LogP contribution is -2.41. The summed E-state index contributed by atoms with van der Waals surface area (Å²) < 4.78 is 3.60.